The largest absolute Gasteiger partial charge is 0.192 e. The van der Waals surface area contributed by atoms with Crippen molar-refractivity contribution in [3.05, 3.63) is 132 Å². The first-order valence-electron chi connectivity index (χ1n) is 13.6. The van der Waals surface area contributed by atoms with Crippen LogP contribution in [-0.2, 0) is 0 Å². The molecule has 0 atom stereocenters. The van der Waals surface area contributed by atoms with Gasteiger partial charge < -0.3 is 0 Å². The van der Waals surface area contributed by atoms with Crippen LogP contribution in [0.3, 0.4) is 0 Å². The lowest BCUT2D eigenvalue weighted by Crippen LogP contribution is -1.94. The summed E-state index contributed by atoms with van der Waals surface area (Å²) in [6, 6.07) is 46.7. The van der Waals surface area contributed by atoms with E-state index in [0.29, 0.717) is 11.1 Å². The van der Waals surface area contributed by atoms with Crippen molar-refractivity contribution >= 4 is 63.0 Å². The van der Waals surface area contributed by atoms with Gasteiger partial charge in [-0.1, -0.05) is 72.8 Å². The molecule has 6 aromatic carbocycles. The zero-order valence-corrected chi connectivity index (χ0v) is 23.9. The second kappa shape index (κ2) is 9.68. The molecule has 8 aromatic rings. The normalized spacial score (nSPS) is 11.3. The fraction of sp³-hybridized carbons (Fsp3) is 0. The van der Waals surface area contributed by atoms with Crippen molar-refractivity contribution in [2.75, 3.05) is 0 Å². The number of nitrogens with zero attached hydrogens (tertiary/aromatic N) is 2. The summed E-state index contributed by atoms with van der Waals surface area (Å²) < 4.78 is 4.93. The number of nitriles is 2. The summed E-state index contributed by atoms with van der Waals surface area (Å²) in [5.41, 5.74) is 6.95. The van der Waals surface area contributed by atoms with E-state index in [1.54, 1.807) is 28.7 Å². The van der Waals surface area contributed by atoms with Gasteiger partial charge >= 0.3 is 0 Å². The van der Waals surface area contributed by atoms with Gasteiger partial charge in [-0.25, -0.2) is 0 Å². The van der Waals surface area contributed by atoms with E-state index in [-0.39, 0.29) is 0 Å². The molecule has 0 amide bonds. The molecule has 0 aliphatic rings. The third kappa shape index (κ3) is 3.82. The minimum absolute atomic E-state index is 0.570. The summed E-state index contributed by atoms with van der Waals surface area (Å²) in [5, 5.41) is 25.2. The highest BCUT2D eigenvalue weighted by molar-refractivity contribution is 7.26. The van der Waals surface area contributed by atoms with Crippen molar-refractivity contribution < 1.29 is 0 Å². The molecule has 0 bridgehead atoms. The maximum Gasteiger partial charge on any atom is 0.100 e. The SMILES string of the molecule is N#Cc1cccc(-c2cc(-c3ccc4c(c3)sc3ccccc34)cc(-c3cccc4sc5ccccc5c34)c2C#N)c1. The Morgan fingerprint density at radius 3 is 1.95 bits per heavy atom. The van der Waals surface area contributed by atoms with E-state index in [0.717, 1.165) is 33.4 Å². The van der Waals surface area contributed by atoms with Crippen LogP contribution < -0.4 is 0 Å². The van der Waals surface area contributed by atoms with E-state index in [4.69, 9.17) is 0 Å². The zero-order chi connectivity index (χ0) is 28.2. The molecule has 2 nitrogen and oxygen atoms in total. The zero-order valence-electron chi connectivity index (χ0n) is 22.3. The van der Waals surface area contributed by atoms with Gasteiger partial charge in [0, 0.05) is 51.5 Å². The van der Waals surface area contributed by atoms with Crippen molar-refractivity contribution in [1.82, 2.24) is 0 Å². The van der Waals surface area contributed by atoms with Gasteiger partial charge in [-0.3, -0.25) is 0 Å². The summed E-state index contributed by atoms with van der Waals surface area (Å²) >= 11 is 3.58. The van der Waals surface area contributed by atoms with Crippen LogP contribution in [0.4, 0.5) is 0 Å². The van der Waals surface area contributed by atoms with Crippen LogP contribution in [0.25, 0.3) is 73.7 Å². The number of rotatable bonds is 3. The summed E-state index contributed by atoms with van der Waals surface area (Å²) in [5.74, 6) is 0. The minimum atomic E-state index is 0.570. The molecular formula is C38H20N2S2. The first-order chi connectivity index (χ1) is 20.7. The van der Waals surface area contributed by atoms with Crippen molar-refractivity contribution in [2.24, 2.45) is 0 Å². The average molecular weight is 569 g/mol. The topological polar surface area (TPSA) is 47.6 Å². The fourth-order valence-electron chi connectivity index (χ4n) is 6.03. The van der Waals surface area contributed by atoms with Crippen molar-refractivity contribution in [2.45, 2.75) is 0 Å². The molecule has 0 saturated carbocycles. The van der Waals surface area contributed by atoms with E-state index in [1.807, 2.05) is 18.2 Å². The van der Waals surface area contributed by atoms with Crippen LogP contribution in [0.1, 0.15) is 11.1 Å². The molecule has 0 spiro atoms. The Kier molecular flexibility index (Phi) is 5.66. The second-order valence-corrected chi connectivity index (χ2v) is 12.5. The van der Waals surface area contributed by atoms with E-state index >= 15 is 0 Å². The predicted molar refractivity (Wildman–Crippen MR) is 178 cm³/mol. The number of benzene rings is 6. The predicted octanol–water partition coefficient (Wildman–Crippen LogP) is 11.2. The second-order valence-electron chi connectivity index (χ2n) is 10.3. The van der Waals surface area contributed by atoms with Crippen LogP contribution in [0.2, 0.25) is 0 Å². The maximum absolute atomic E-state index is 10.7. The molecule has 0 aliphatic carbocycles. The van der Waals surface area contributed by atoms with Gasteiger partial charge in [-0.2, -0.15) is 10.5 Å². The van der Waals surface area contributed by atoms with Gasteiger partial charge in [0.25, 0.3) is 0 Å². The van der Waals surface area contributed by atoms with Gasteiger partial charge in [0.15, 0.2) is 0 Å². The highest BCUT2D eigenvalue weighted by Gasteiger charge is 2.19. The summed E-state index contributed by atoms with van der Waals surface area (Å²) in [4.78, 5) is 0. The molecular weight excluding hydrogens is 549 g/mol. The summed E-state index contributed by atoms with van der Waals surface area (Å²) in [6.45, 7) is 0. The Morgan fingerprint density at radius 2 is 1.12 bits per heavy atom. The van der Waals surface area contributed by atoms with Crippen molar-refractivity contribution in [3.63, 3.8) is 0 Å². The molecule has 4 heteroatoms. The monoisotopic (exact) mass is 568 g/mol. The molecule has 0 fully saturated rings. The van der Waals surface area contributed by atoms with E-state index < -0.39 is 0 Å². The Hall–Kier alpha value is -5.26. The molecule has 194 valence electrons. The van der Waals surface area contributed by atoms with Crippen molar-refractivity contribution in [1.29, 1.82) is 10.5 Å². The summed E-state index contributed by atoms with van der Waals surface area (Å²) in [7, 11) is 0. The lowest BCUT2D eigenvalue weighted by atomic mass is 9.86. The molecule has 8 rings (SSSR count). The van der Waals surface area contributed by atoms with Crippen LogP contribution in [0.15, 0.2) is 121 Å². The fourth-order valence-corrected chi connectivity index (χ4v) is 8.31. The Labute approximate surface area is 250 Å². The van der Waals surface area contributed by atoms with E-state index in [9.17, 15) is 10.5 Å². The molecule has 0 radical (unpaired) electrons. The molecule has 0 saturated heterocycles. The molecule has 0 unspecified atom stereocenters. The number of hydrogen-bond donors (Lipinski definition) is 0. The molecule has 0 N–H and O–H groups in total. The van der Waals surface area contributed by atoms with Crippen LogP contribution in [-0.4, -0.2) is 0 Å². The van der Waals surface area contributed by atoms with E-state index in [1.165, 1.54) is 40.3 Å². The third-order valence-corrected chi connectivity index (χ3v) is 10.2. The van der Waals surface area contributed by atoms with E-state index in [2.05, 4.69) is 109 Å². The Morgan fingerprint density at radius 1 is 0.429 bits per heavy atom. The average Bonchev–Trinajstić information content (AvgIpc) is 3.62. The highest BCUT2D eigenvalue weighted by atomic mass is 32.1. The first-order valence-corrected chi connectivity index (χ1v) is 15.3. The lowest BCUT2D eigenvalue weighted by Gasteiger charge is -2.15. The van der Waals surface area contributed by atoms with Gasteiger partial charge in [-0.05, 0) is 70.8 Å². The van der Waals surface area contributed by atoms with Crippen LogP contribution >= 0.6 is 22.7 Å². The first kappa shape index (κ1) is 24.5. The highest BCUT2D eigenvalue weighted by Crippen LogP contribution is 2.45. The quantitative estimate of drug-likeness (QED) is 0.213. The smallest absolute Gasteiger partial charge is 0.100 e. The molecule has 2 aromatic heterocycles. The van der Waals surface area contributed by atoms with Gasteiger partial charge in [0.05, 0.1) is 17.2 Å². The number of hydrogen-bond acceptors (Lipinski definition) is 4. The number of fused-ring (bicyclic) bond motifs is 6. The molecule has 2 heterocycles. The molecule has 0 aliphatic heterocycles. The third-order valence-electron chi connectivity index (χ3n) is 7.96. The van der Waals surface area contributed by atoms with Crippen LogP contribution in [0.5, 0.6) is 0 Å². The minimum Gasteiger partial charge on any atom is -0.192 e. The standard InChI is InChI=1S/C38H20N2S2/c39-21-23-7-5-8-25(17-23)31-18-26(24-15-16-28-27-9-1-3-12-34(27)42-37(28)20-24)19-32(33(31)22-40)29-11-6-14-36-38(29)30-10-2-4-13-35(30)41-36/h1-20H. The Bertz CT molecular complexity index is 2450. The molecule has 42 heavy (non-hydrogen) atoms. The van der Waals surface area contributed by atoms with Gasteiger partial charge in [0.2, 0.25) is 0 Å². The van der Waals surface area contributed by atoms with Gasteiger partial charge in [0.1, 0.15) is 6.07 Å². The maximum atomic E-state index is 10.7. The lowest BCUT2D eigenvalue weighted by molar-refractivity contribution is 1.46. The Balaban J connectivity index is 1.45. The van der Waals surface area contributed by atoms with Crippen molar-refractivity contribution in [3.8, 4) is 45.5 Å². The summed E-state index contributed by atoms with van der Waals surface area (Å²) in [6.07, 6.45) is 0. The van der Waals surface area contributed by atoms with Crippen LogP contribution in [0, 0.1) is 22.7 Å². The number of thiophene rings is 2. The van der Waals surface area contributed by atoms with Gasteiger partial charge in [-0.15, -0.1) is 22.7 Å².